The summed E-state index contributed by atoms with van der Waals surface area (Å²) in [6.07, 6.45) is 1.75. The fourth-order valence-electron chi connectivity index (χ4n) is 2.95. The van der Waals surface area contributed by atoms with Crippen molar-refractivity contribution in [3.8, 4) is 0 Å². The number of hydrogen-bond donors (Lipinski definition) is 2. The van der Waals surface area contributed by atoms with Gasteiger partial charge in [0.2, 0.25) is 11.8 Å². The van der Waals surface area contributed by atoms with E-state index in [0.29, 0.717) is 32.4 Å². The molecule has 2 amide bonds. The van der Waals surface area contributed by atoms with Crippen molar-refractivity contribution in [2.45, 2.75) is 39.2 Å². The number of amides is 2. The summed E-state index contributed by atoms with van der Waals surface area (Å²) < 4.78 is 0. The van der Waals surface area contributed by atoms with Gasteiger partial charge in [0, 0.05) is 25.2 Å². The molecule has 0 spiro atoms. The SMILES string of the molecule is CCC(CC)(CN)C(=O)NC1CC(=O)N(c2ccccc2)C1.Cl. The number of nitrogens with zero attached hydrogens (tertiary/aromatic N) is 1. The molecule has 23 heavy (non-hydrogen) atoms. The second-order valence-electron chi connectivity index (χ2n) is 5.91. The number of para-hydroxylation sites is 1. The minimum absolute atomic E-state index is 0. The number of rotatable bonds is 6. The van der Waals surface area contributed by atoms with Crippen LogP contribution in [0.1, 0.15) is 33.1 Å². The molecule has 1 atom stereocenters. The highest BCUT2D eigenvalue weighted by Crippen LogP contribution is 2.27. The summed E-state index contributed by atoms with van der Waals surface area (Å²) in [7, 11) is 0. The van der Waals surface area contributed by atoms with E-state index >= 15 is 0 Å². The van der Waals surface area contributed by atoms with Gasteiger partial charge in [0.15, 0.2) is 0 Å². The normalized spacial score (nSPS) is 17.8. The Labute approximate surface area is 144 Å². The van der Waals surface area contributed by atoms with Crippen molar-refractivity contribution >= 4 is 29.9 Å². The summed E-state index contributed by atoms with van der Waals surface area (Å²) in [4.78, 5) is 26.4. The van der Waals surface area contributed by atoms with Crippen LogP contribution in [0, 0.1) is 5.41 Å². The number of nitrogens with two attached hydrogens (primary N) is 1. The maximum atomic E-state index is 12.5. The summed E-state index contributed by atoms with van der Waals surface area (Å²) in [6, 6.07) is 9.39. The van der Waals surface area contributed by atoms with Crippen LogP contribution >= 0.6 is 12.4 Å². The number of carbonyl (C=O) groups excluding carboxylic acids is 2. The van der Waals surface area contributed by atoms with Crippen molar-refractivity contribution in [2.75, 3.05) is 18.0 Å². The van der Waals surface area contributed by atoms with E-state index in [9.17, 15) is 9.59 Å². The summed E-state index contributed by atoms with van der Waals surface area (Å²) in [5, 5.41) is 3.02. The number of carbonyl (C=O) groups is 2. The zero-order chi connectivity index (χ0) is 16.2. The lowest BCUT2D eigenvalue weighted by Gasteiger charge is -2.30. The van der Waals surface area contributed by atoms with Crippen LogP contribution in [0.2, 0.25) is 0 Å². The van der Waals surface area contributed by atoms with Crippen LogP contribution in [0.5, 0.6) is 0 Å². The molecule has 128 valence electrons. The van der Waals surface area contributed by atoms with Gasteiger partial charge in [-0.05, 0) is 25.0 Å². The monoisotopic (exact) mass is 339 g/mol. The Kier molecular flexibility index (Phi) is 7.03. The van der Waals surface area contributed by atoms with Crippen LogP contribution in [0.25, 0.3) is 0 Å². The highest BCUT2D eigenvalue weighted by Gasteiger charge is 2.37. The number of hydrogen-bond acceptors (Lipinski definition) is 3. The van der Waals surface area contributed by atoms with Crippen molar-refractivity contribution in [2.24, 2.45) is 11.1 Å². The van der Waals surface area contributed by atoms with Gasteiger partial charge in [-0.15, -0.1) is 12.4 Å². The zero-order valence-electron chi connectivity index (χ0n) is 13.7. The smallest absolute Gasteiger partial charge is 0.229 e. The summed E-state index contributed by atoms with van der Waals surface area (Å²) in [6.45, 7) is 4.80. The van der Waals surface area contributed by atoms with Crippen LogP contribution in [0.4, 0.5) is 5.69 Å². The van der Waals surface area contributed by atoms with E-state index < -0.39 is 5.41 Å². The lowest BCUT2D eigenvalue weighted by molar-refractivity contribution is -0.131. The molecule has 2 rings (SSSR count). The number of benzene rings is 1. The quantitative estimate of drug-likeness (QED) is 0.833. The van der Waals surface area contributed by atoms with Gasteiger partial charge in [0.1, 0.15) is 0 Å². The van der Waals surface area contributed by atoms with Crippen LogP contribution in [-0.4, -0.2) is 30.9 Å². The van der Waals surface area contributed by atoms with Gasteiger partial charge in [-0.3, -0.25) is 9.59 Å². The standard InChI is InChI=1S/C17H25N3O2.ClH/c1-3-17(4-2,12-18)16(22)19-13-10-15(21)20(11-13)14-8-6-5-7-9-14;/h5-9,13H,3-4,10-12,18H2,1-2H3,(H,19,22);1H. The summed E-state index contributed by atoms with van der Waals surface area (Å²) in [5.41, 5.74) is 6.16. The largest absolute Gasteiger partial charge is 0.351 e. The van der Waals surface area contributed by atoms with Crippen LogP contribution in [-0.2, 0) is 9.59 Å². The molecule has 0 saturated carbocycles. The first-order valence-corrected chi connectivity index (χ1v) is 7.92. The molecule has 0 aromatic heterocycles. The van der Waals surface area contributed by atoms with Gasteiger partial charge in [-0.1, -0.05) is 32.0 Å². The average molecular weight is 340 g/mol. The second-order valence-corrected chi connectivity index (χ2v) is 5.91. The fourth-order valence-corrected chi connectivity index (χ4v) is 2.95. The summed E-state index contributed by atoms with van der Waals surface area (Å²) >= 11 is 0. The van der Waals surface area contributed by atoms with Gasteiger partial charge < -0.3 is 16.0 Å². The molecule has 0 bridgehead atoms. The molecule has 1 unspecified atom stereocenters. The Morgan fingerprint density at radius 2 is 1.91 bits per heavy atom. The minimum atomic E-state index is -0.525. The Balaban J connectivity index is 0.00000264. The lowest BCUT2D eigenvalue weighted by Crippen LogP contribution is -2.49. The van der Waals surface area contributed by atoms with Crippen molar-refractivity contribution in [1.82, 2.24) is 5.32 Å². The second kappa shape index (κ2) is 8.31. The summed E-state index contributed by atoms with van der Waals surface area (Å²) in [5.74, 6) is 0.00978. The molecular weight excluding hydrogens is 314 g/mol. The van der Waals surface area contributed by atoms with Gasteiger partial charge >= 0.3 is 0 Å². The molecule has 1 heterocycles. The number of halogens is 1. The molecule has 1 aliphatic rings. The predicted octanol–water partition coefficient (Wildman–Crippen LogP) is 2.10. The molecule has 1 saturated heterocycles. The molecule has 0 aliphatic carbocycles. The van der Waals surface area contributed by atoms with Crippen molar-refractivity contribution in [3.63, 3.8) is 0 Å². The Hall–Kier alpha value is -1.59. The Morgan fingerprint density at radius 1 is 1.30 bits per heavy atom. The van der Waals surface area contributed by atoms with E-state index in [-0.39, 0.29) is 30.3 Å². The number of anilines is 1. The molecule has 6 heteroatoms. The molecule has 0 radical (unpaired) electrons. The van der Waals surface area contributed by atoms with Gasteiger partial charge in [-0.25, -0.2) is 0 Å². The van der Waals surface area contributed by atoms with Gasteiger partial charge in [0.05, 0.1) is 11.5 Å². The first-order valence-electron chi connectivity index (χ1n) is 7.92. The maximum Gasteiger partial charge on any atom is 0.229 e. The van der Waals surface area contributed by atoms with Crippen molar-refractivity contribution in [1.29, 1.82) is 0 Å². The molecule has 1 aromatic carbocycles. The lowest BCUT2D eigenvalue weighted by atomic mass is 9.81. The third-order valence-electron chi connectivity index (χ3n) is 4.75. The van der Waals surface area contributed by atoms with Crippen molar-refractivity contribution < 1.29 is 9.59 Å². The van der Waals surface area contributed by atoms with E-state index in [0.717, 1.165) is 5.69 Å². The highest BCUT2D eigenvalue weighted by molar-refractivity contribution is 5.97. The van der Waals surface area contributed by atoms with Crippen LogP contribution < -0.4 is 16.0 Å². The number of nitrogens with one attached hydrogen (secondary N) is 1. The molecule has 1 aliphatic heterocycles. The van der Waals surface area contributed by atoms with E-state index in [2.05, 4.69) is 5.32 Å². The predicted molar refractivity (Wildman–Crippen MR) is 94.7 cm³/mol. The van der Waals surface area contributed by atoms with E-state index in [1.807, 2.05) is 44.2 Å². The van der Waals surface area contributed by atoms with E-state index in [4.69, 9.17) is 5.73 Å². The third kappa shape index (κ3) is 4.03. The van der Waals surface area contributed by atoms with E-state index in [1.54, 1.807) is 4.90 Å². The molecule has 1 fully saturated rings. The van der Waals surface area contributed by atoms with E-state index in [1.165, 1.54) is 0 Å². The first kappa shape index (κ1) is 19.5. The first-order chi connectivity index (χ1) is 10.6. The molecule has 1 aromatic rings. The highest BCUT2D eigenvalue weighted by atomic mass is 35.5. The Bertz CT molecular complexity index is 524. The minimum Gasteiger partial charge on any atom is -0.351 e. The topological polar surface area (TPSA) is 75.4 Å². The zero-order valence-corrected chi connectivity index (χ0v) is 14.6. The van der Waals surface area contributed by atoms with Gasteiger partial charge in [-0.2, -0.15) is 0 Å². The third-order valence-corrected chi connectivity index (χ3v) is 4.75. The Morgan fingerprint density at radius 3 is 2.43 bits per heavy atom. The maximum absolute atomic E-state index is 12.5. The molecular formula is C17H26ClN3O2. The fraction of sp³-hybridized carbons (Fsp3) is 0.529. The van der Waals surface area contributed by atoms with Crippen LogP contribution in [0.15, 0.2) is 30.3 Å². The van der Waals surface area contributed by atoms with Gasteiger partial charge in [0.25, 0.3) is 0 Å². The average Bonchev–Trinajstić information content (AvgIpc) is 2.91. The molecule has 3 N–H and O–H groups in total. The van der Waals surface area contributed by atoms with Crippen LogP contribution in [0.3, 0.4) is 0 Å². The molecule has 5 nitrogen and oxygen atoms in total. The van der Waals surface area contributed by atoms with Crippen molar-refractivity contribution in [3.05, 3.63) is 30.3 Å².